The second kappa shape index (κ2) is 8.60. The van der Waals surface area contributed by atoms with Crippen LogP contribution in [0.5, 0.6) is 0 Å². The summed E-state index contributed by atoms with van der Waals surface area (Å²) in [5.41, 5.74) is 1.99. The summed E-state index contributed by atoms with van der Waals surface area (Å²) < 4.78 is 0. The number of likely N-dealkylation sites (tertiary alicyclic amines) is 1. The van der Waals surface area contributed by atoms with Gasteiger partial charge < -0.3 is 9.80 Å². The summed E-state index contributed by atoms with van der Waals surface area (Å²) in [4.78, 5) is 37.7. The van der Waals surface area contributed by atoms with Gasteiger partial charge in [0.1, 0.15) is 5.82 Å². The van der Waals surface area contributed by atoms with Gasteiger partial charge in [0.05, 0.1) is 12.2 Å². The Bertz CT molecular complexity index is 651. The van der Waals surface area contributed by atoms with Gasteiger partial charge in [0.25, 0.3) is 0 Å². The highest BCUT2D eigenvalue weighted by molar-refractivity contribution is 5.84. The molecule has 0 unspecified atom stereocenters. The molecule has 3 heterocycles. The van der Waals surface area contributed by atoms with Crippen LogP contribution in [-0.4, -0.2) is 44.7 Å². The molecule has 0 aromatic carbocycles. The Kier molecular flexibility index (Phi) is 6.22. The molecule has 26 heavy (non-hydrogen) atoms. The van der Waals surface area contributed by atoms with Gasteiger partial charge in [0.2, 0.25) is 11.8 Å². The third-order valence-corrected chi connectivity index (χ3v) is 5.16. The van der Waals surface area contributed by atoms with Crippen molar-refractivity contribution in [3.63, 3.8) is 0 Å². The molecule has 0 bridgehead atoms. The van der Waals surface area contributed by atoms with E-state index in [0.29, 0.717) is 25.4 Å². The predicted octanol–water partition coefficient (Wildman–Crippen LogP) is 2.70. The molecule has 0 aliphatic carbocycles. The summed E-state index contributed by atoms with van der Waals surface area (Å²) in [6, 6.07) is 0. The van der Waals surface area contributed by atoms with Crippen LogP contribution in [-0.2, 0) is 29.1 Å². The van der Waals surface area contributed by atoms with E-state index in [0.717, 1.165) is 49.4 Å². The third kappa shape index (κ3) is 4.80. The molecular formula is C20H30N4O2. The SMILES string of the molecule is CC(C)Cc1ncc2c(n1)CN(C(=O)CCC(=O)N1CCCCCC1)C2. The van der Waals surface area contributed by atoms with Crippen molar-refractivity contribution >= 4 is 11.8 Å². The zero-order chi connectivity index (χ0) is 18.5. The fourth-order valence-corrected chi connectivity index (χ4v) is 3.68. The zero-order valence-corrected chi connectivity index (χ0v) is 16.0. The normalized spacial score (nSPS) is 17.3. The van der Waals surface area contributed by atoms with Gasteiger partial charge in [0, 0.05) is 50.7 Å². The van der Waals surface area contributed by atoms with Gasteiger partial charge in [-0.15, -0.1) is 0 Å². The van der Waals surface area contributed by atoms with E-state index in [-0.39, 0.29) is 18.2 Å². The van der Waals surface area contributed by atoms with Crippen LogP contribution in [0.1, 0.15) is 69.5 Å². The molecule has 0 N–H and O–H groups in total. The van der Waals surface area contributed by atoms with Gasteiger partial charge in [-0.3, -0.25) is 9.59 Å². The monoisotopic (exact) mass is 358 g/mol. The predicted molar refractivity (Wildman–Crippen MR) is 99.1 cm³/mol. The second-order valence-electron chi connectivity index (χ2n) is 7.90. The van der Waals surface area contributed by atoms with E-state index < -0.39 is 0 Å². The first-order valence-electron chi connectivity index (χ1n) is 9.92. The van der Waals surface area contributed by atoms with Crippen LogP contribution >= 0.6 is 0 Å². The summed E-state index contributed by atoms with van der Waals surface area (Å²) in [5, 5.41) is 0. The van der Waals surface area contributed by atoms with Crippen molar-refractivity contribution in [2.45, 2.75) is 71.9 Å². The first-order chi connectivity index (χ1) is 12.5. The summed E-state index contributed by atoms with van der Waals surface area (Å²) in [5.74, 6) is 1.52. The van der Waals surface area contributed by atoms with Crippen molar-refractivity contribution in [2.24, 2.45) is 5.92 Å². The van der Waals surface area contributed by atoms with Crippen LogP contribution < -0.4 is 0 Å². The fraction of sp³-hybridized carbons (Fsp3) is 0.700. The second-order valence-corrected chi connectivity index (χ2v) is 7.90. The standard InChI is InChI=1S/C20H30N4O2/c1-15(2)11-18-21-12-16-13-24(14-17(16)22-18)20(26)8-7-19(25)23-9-5-3-4-6-10-23/h12,15H,3-11,13-14H2,1-2H3. The van der Waals surface area contributed by atoms with E-state index in [9.17, 15) is 9.59 Å². The average Bonchev–Trinajstić information content (AvgIpc) is 2.84. The Balaban J connectivity index is 1.50. The Morgan fingerprint density at radius 2 is 1.65 bits per heavy atom. The van der Waals surface area contributed by atoms with Gasteiger partial charge in [-0.2, -0.15) is 0 Å². The summed E-state index contributed by atoms with van der Waals surface area (Å²) in [6.07, 6.45) is 7.88. The molecule has 6 nitrogen and oxygen atoms in total. The lowest BCUT2D eigenvalue weighted by molar-refractivity contribution is -0.137. The smallest absolute Gasteiger partial charge is 0.223 e. The van der Waals surface area contributed by atoms with Gasteiger partial charge in [-0.25, -0.2) is 9.97 Å². The number of hydrogen-bond acceptors (Lipinski definition) is 4. The van der Waals surface area contributed by atoms with Crippen molar-refractivity contribution in [1.82, 2.24) is 19.8 Å². The third-order valence-electron chi connectivity index (χ3n) is 5.16. The molecule has 2 aliphatic heterocycles. The van der Waals surface area contributed by atoms with Gasteiger partial charge in [-0.05, 0) is 18.8 Å². The number of carbonyl (C=O) groups is 2. The molecule has 0 saturated carbocycles. The Morgan fingerprint density at radius 1 is 1.00 bits per heavy atom. The molecule has 0 spiro atoms. The fourth-order valence-electron chi connectivity index (χ4n) is 3.68. The zero-order valence-electron chi connectivity index (χ0n) is 16.0. The van der Waals surface area contributed by atoms with Crippen LogP contribution in [0.2, 0.25) is 0 Å². The van der Waals surface area contributed by atoms with Crippen molar-refractivity contribution in [3.8, 4) is 0 Å². The maximum absolute atomic E-state index is 12.5. The molecule has 2 aliphatic rings. The number of aromatic nitrogens is 2. The number of amides is 2. The van der Waals surface area contributed by atoms with E-state index in [1.165, 1.54) is 12.8 Å². The molecule has 6 heteroatoms. The van der Waals surface area contributed by atoms with Crippen molar-refractivity contribution in [2.75, 3.05) is 13.1 Å². The number of rotatable bonds is 5. The number of nitrogens with zero attached hydrogens (tertiary/aromatic N) is 4. The Morgan fingerprint density at radius 3 is 2.31 bits per heavy atom. The molecule has 2 amide bonds. The lowest BCUT2D eigenvalue weighted by atomic mass is 10.1. The molecule has 0 atom stereocenters. The molecule has 1 saturated heterocycles. The van der Waals surface area contributed by atoms with E-state index in [1.807, 2.05) is 11.1 Å². The van der Waals surface area contributed by atoms with E-state index >= 15 is 0 Å². The highest BCUT2D eigenvalue weighted by Crippen LogP contribution is 2.22. The molecule has 0 radical (unpaired) electrons. The van der Waals surface area contributed by atoms with Gasteiger partial charge >= 0.3 is 0 Å². The molecule has 1 fully saturated rings. The Labute approximate surface area is 156 Å². The van der Waals surface area contributed by atoms with Crippen LogP contribution in [0.15, 0.2) is 6.20 Å². The maximum Gasteiger partial charge on any atom is 0.223 e. The van der Waals surface area contributed by atoms with Gasteiger partial charge in [-0.1, -0.05) is 26.7 Å². The molecule has 1 aromatic heterocycles. The molecular weight excluding hydrogens is 328 g/mol. The van der Waals surface area contributed by atoms with Crippen LogP contribution in [0.25, 0.3) is 0 Å². The minimum atomic E-state index is 0.0385. The number of carbonyl (C=O) groups excluding carboxylic acids is 2. The number of fused-ring (bicyclic) bond motifs is 1. The van der Waals surface area contributed by atoms with Crippen LogP contribution in [0, 0.1) is 5.92 Å². The van der Waals surface area contributed by atoms with E-state index in [4.69, 9.17) is 0 Å². The lowest BCUT2D eigenvalue weighted by Gasteiger charge is -2.21. The average molecular weight is 358 g/mol. The first kappa shape index (κ1) is 18.8. The quantitative estimate of drug-likeness (QED) is 0.812. The molecule has 1 aromatic rings. The largest absolute Gasteiger partial charge is 0.343 e. The first-order valence-corrected chi connectivity index (χ1v) is 9.92. The summed E-state index contributed by atoms with van der Waals surface area (Å²) in [7, 11) is 0. The highest BCUT2D eigenvalue weighted by Gasteiger charge is 2.26. The van der Waals surface area contributed by atoms with Gasteiger partial charge in [0.15, 0.2) is 0 Å². The van der Waals surface area contributed by atoms with Crippen molar-refractivity contribution in [1.29, 1.82) is 0 Å². The summed E-state index contributed by atoms with van der Waals surface area (Å²) >= 11 is 0. The topological polar surface area (TPSA) is 66.4 Å². The minimum Gasteiger partial charge on any atom is -0.343 e. The van der Waals surface area contributed by atoms with Crippen molar-refractivity contribution in [3.05, 3.63) is 23.3 Å². The van der Waals surface area contributed by atoms with Crippen LogP contribution in [0.4, 0.5) is 0 Å². The van der Waals surface area contributed by atoms with E-state index in [1.54, 1.807) is 4.90 Å². The van der Waals surface area contributed by atoms with Crippen LogP contribution in [0.3, 0.4) is 0 Å². The van der Waals surface area contributed by atoms with Crippen molar-refractivity contribution < 1.29 is 9.59 Å². The molecule has 3 rings (SSSR count). The Hall–Kier alpha value is -1.98. The molecule has 142 valence electrons. The minimum absolute atomic E-state index is 0.0385. The number of hydrogen-bond donors (Lipinski definition) is 0. The van der Waals surface area contributed by atoms with E-state index in [2.05, 4.69) is 23.8 Å². The maximum atomic E-state index is 12.5. The highest BCUT2D eigenvalue weighted by atomic mass is 16.2. The lowest BCUT2D eigenvalue weighted by Crippen LogP contribution is -2.33. The summed E-state index contributed by atoms with van der Waals surface area (Å²) in [6.45, 7) is 7.09.